The van der Waals surface area contributed by atoms with Gasteiger partial charge in [-0.05, 0) is 36.9 Å². The Labute approximate surface area is 178 Å². The molecule has 5 rings (SSSR count). The van der Waals surface area contributed by atoms with Crippen LogP contribution in [-0.4, -0.2) is 43.8 Å². The van der Waals surface area contributed by atoms with Gasteiger partial charge in [0.15, 0.2) is 0 Å². The topological polar surface area (TPSA) is 42.0 Å². The first-order valence-corrected chi connectivity index (χ1v) is 11.0. The highest BCUT2D eigenvalue weighted by Gasteiger charge is 2.57. The first kappa shape index (κ1) is 19.7. The van der Waals surface area contributed by atoms with E-state index in [-0.39, 0.29) is 11.3 Å². The number of rotatable bonds is 3. The van der Waals surface area contributed by atoms with E-state index in [0.29, 0.717) is 25.8 Å². The van der Waals surface area contributed by atoms with Gasteiger partial charge in [-0.3, -0.25) is 14.6 Å². The van der Waals surface area contributed by atoms with E-state index in [1.54, 1.807) is 0 Å². The Morgan fingerprint density at radius 2 is 1.73 bits per heavy atom. The molecule has 5 nitrogen and oxygen atoms in total. The molecule has 30 heavy (non-hydrogen) atoms. The molecule has 1 amide bonds. The first-order chi connectivity index (χ1) is 14.5. The highest BCUT2D eigenvalue weighted by atomic mass is 16.7. The summed E-state index contributed by atoms with van der Waals surface area (Å²) in [5.74, 6) is -0.766. The third-order valence-electron chi connectivity index (χ3n) is 6.82. The van der Waals surface area contributed by atoms with E-state index < -0.39 is 5.79 Å². The van der Waals surface area contributed by atoms with Crippen LogP contribution in [0.25, 0.3) is 0 Å². The molecule has 3 aliphatic heterocycles. The Morgan fingerprint density at radius 3 is 2.47 bits per heavy atom. The number of likely N-dealkylation sites (tertiary alicyclic amines) is 1. The Bertz CT molecular complexity index is 921. The molecular formula is C25H30N2O3. The molecule has 2 saturated heterocycles. The van der Waals surface area contributed by atoms with Crippen LogP contribution in [0.5, 0.6) is 0 Å². The van der Waals surface area contributed by atoms with Crippen molar-refractivity contribution in [1.29, 1.82) is 0 Å². The fraction of sp³-hybridized carbons (Fsp3) is 0.480. The van der Waals surface area contributed by atoms with Gasteiger partial charge in [0.25, 0.3) is 11.7 Å². The van der Waals surface area contributed by atoms with Crippen molar-refractivity contribution in [3.8, 4) is 0 Å². The smallest absolute Gasteiger partial charge is 0.293 e. The van der Waals surface area contributed by atoms with Gasteiger partial charge < -0.3 is 9.47 Å². The lowest BCUT2D eigenvalue weighted by molar-refractivity contribution is -0.276. The molecule has 0 saturated carbocycles. The van der Waals surface area contributed by atoms with E-state index >= 15 is 0 Å². The molecule has 0 aromatic heterocycles. The largest absolute Gasteiger partial charge is 0.337 e. The second kappa shape index (κ2) is 7.49. The number of para-hydroxylation sites is 1. The lowest BCUT2D eigenvalue weighted by atomic mass is 9.83. The van der Waals surface area contributed by atoms with Gasteiger partial charge in [0.05, 0.1) is 25.6 Å². The second-order valence-corrected chi connectivity index (χ2v) is 9.34. The molecule has 158 valence electrons. The van der Waals surface area contributed by atoms with Crippen molar-refractivity contribution in [1.82, 2.24) is 4.90 Å². The van der Waals surface area contributed by atoms with E-state index in [0.717, 1.165) is 29.9 Å². The summed E-state index contributed by atoms with van der Waals surface area (Å²) in [6.45, 7) is 7.92. The molecule has 1 spiro atoms. The number of amides is 1. The van der Waals surface area contributed by atoms with Crippen LogP contribution in [-0.2, 0) is 25.5 Å². The molecule has 1 atom stereocenters. The monoisotopic (exact) mass is 406 g/mol. The first-order valence-electron chi connectivity index (χ1n) is 11.0. The zero-order chi connectivity index (χ0) is 20.8. The minimum Gasteiger partial charge on any atom is -0.337 e. The minimum atomic E-state index is -1.33. The van der Waals surface area contributed by atoms with Crippen molar-refractivity contribution in [2.75, 3.05) is 37.9 Å². The number of nitrogens with zero attached hydrogens (tertiary/aromatic N) is 2. The fourth-order valence-electron chi connectivity index (χ4n) is 5.04. The highest BCUT2D eigenvalue weighted by molar-refractivity contribution is 6.06. The summed E-state index contributed by atoms with van der Waals surface area (Å²) in [4.78, 5) is 17.9. The number of benzene rings is 2. The minimum absolute atomic E-state index is 0.1000. The molecular weight excluding hydrogens is 376 g/mol. The standard InChI is InChI=1S/C25H30N2O3/c1-19-9-8-14-26(15-19)18-27-22-13-7-6-12-21(22)25(23(27)28)29-16-24(2,17-30-25)20-10-4-3-5-11-20/h3-7,10-13,19H,8-9,14-18H2,1-2H3/t19-,24?,25?/m1/s1. The van der Waals surface area contributed by atoms with Crippen molar-refractivity contribution in [2.45, 2.75) is 37.9 Å². The molecule has 3 aliphatic rings. The van der Waals surface area contributed by atoms with Crippen LogP contribution in [0.1, 0.15) is 37.8 Å². The van der Waals surface area contributed by atoms with E-state index in [2.05, 4.69) is 30.9 Å². The average molecular weight is 407 g/mol. The van der Waals surface area contributed by atoms with Gasteiger partial charge >= 0.3 is 0 Å². The molecule has 0 bridgehead atoms. The molecule has 2 aromatic carbocycles. The number of fused-ring (bicyclic) bond motifs is 2. The average Bonchev–Trinajstić information content (AvgIpc) is 3.00. The Hall–Kier alpha value is -2.21. The second-order valence-electron chi connectivity index (χ2n) is 9.34. The molecule has 0 aliphatic carbocycles. The number of hydrogen-bond acceptors (Lipinski definition) is 4. The Kier molecular flexibility index (Phi) is 4.92. The van der Waals surface area contributed by atoms with Gasteiger partial charge in [-0.25, -0.2) is 0 Å². The van der Waals surface area contributed by atoms with Crippen LogP contribution < -0.4 is 4.90 Å². The summed E-state index contributed by atoms with van der Waals surface area (Å²) in [5.41, 5.74) is 2.62. The number of carbonyl (C=O) groups is 1. The third-order valence-corrected chi connectivity index (χ3v) is 6.82. The molecule has 5 heteroatoms. The van der Waals surface area contributed by atoms with E-state index in [9.17, 15) is 4.79 Å². The zero-order valence-electron chi connectivity index (χ0n) is 17.8. The maximum absolute atomic E-state index is 13.7. The highest BCUT2D eigenvalue weighted by Crippen LogP contribution is 2.48. The van der Waals surface area contributed by atoms with Crippen LogP contribution in [0.4, 0.5) is 5.69 Å². The summed E-state index contributed by atoms with van der Waals surface area (Å²) in [5, 5.41) is 0. The molecule has 0 radical (unpaired) electrons. The van der Waals surface area contributed by atoms with E-state index in [4.69, 9.17) is 9.47 Å². The maximum Gasteiger partial charge on any atom is 0.293 e. The van der Waals surface area contributed by atoms with E-state index in [1.807, 2.05) is 47.4 Å². The van der Waals surface area contributed by atoms with Crippen LogP contribution in [0.3, 0.4) is 0 Å². The van der Waals surface area contributed by atoms with Crippen molar-refractivity contribution in [3.05, 3.63) is 65.7 Å². The van der Waals surface area contributed by atoms with Gasteiger partial charge in [-0.2, -0.15) is 0 Å². The molecule has 0 N–H and O–H groups in total. The summed E-state index contributed by atoms with van der Waals surface area (Å²) in [6, 6.07) is 18.2. The summed E-state index contributed by atoms with van der Waals surface area (Å²) < 4.78 is 12.7. The number of anilines is 1. The number of piperidine rings is 1. The normalized spacial score (nSPS) is 31.9. The maximum atomic E-state index is 13.7. The van der Waals surface area contributed by atoms with E-state index in [1.165, 1.54) is 12.8 Å². The van der Waals surface area contributed by atoms with Crippen molar-refractivity contribution < 1.29 is 14.3 Å². The van der Waals surface area contributed by atoms with Crippen LogP contribution in [0.2, 0.25) is 0 Å². The van der Waals surface area contributed by atoms with Gasteiger partial charge in [0.2, 0.25) is 0 Å². The van der Waals surface area contributed by atoms with Gasteiger partial charge in [-0.1, -0.05) is 62.4 Å². The Morgan fingerprint density at radius 1 is 1.03 bits per heavy atom. The molecule has 0 unspecified atom stereocenters. The lowest BCUT2D eigenvalue weighted by Crippen LogP contribution is -2.55. The Balaban J connectivity index is 1.42. The third kappa shape index (κ3) is 3.16. The quantitative estimate of drug-likeness (QED) is 0.776. The van der Waals surface area contributed by atoms with Gasteiger partial charge in [0, 0.05) is 17.5 Å². The summed E-state index contributed by atoms with van der Waals surface area (Å²) in [7, 11) is 0. The van der Waals surface area contributed by atoms with Crippen LogP contribution in [0.15, 0.2) is 54.6 Å². The number of carbonyl (C=O) groups excluding carboxylic acids is 1. The predicted molar refractivity (Wildman–Crippen MR) is 116 cm³/mol. The van der Waals surface area contributed by atoms with Crippen molar-refractivity contribution >= 4 is 11.6 Å². The molecule has 3 heterocycles. The van der Waals surface area contributed by atoms with Gasteiger partial charge in [0.1, 0.15) is 0 Å². The molecule has 2 aromatic rings. The summed E-state index contributed by atoms with van der Waals surface area (Å²) >= 11 is 0. The SMILES string of the molecule is C[C@@H]1CCCN(CN2C(=O)C3(OCC(C)(c4ccccc4)CO3)c3ccccc32)C1. The lowest BCUT2D eigenvalue weighted by Gasteiger charge is -2.42. The van der Waals surface area contributed by atoms with Crippen LogP contribution >= 0.6 is 0 Å². The van der Waals surface area contributed by atoms with Crippen molar-refractivity contribution in [2.24, 2.45) is 5.92 Å². The zero-order valence-corrected chi connectivity index (χ0v) is 17.8. The van der Waals surface area contributed by atoms with Gasteiger partial charge in [-0.15, -0.1) is 0 Å². The fourth-order valence-corrected chi connectivity index (χ4v) is 5.04. The summed E-state index contributed by atoms with van der Waals surface area (Å²) in [6.07, 6.45) is 2.44. The molecule has 2 fully saturated rings. The predicted octanol–water partition coefficient (Wildman–Crippen LogP) is 3.88. The number of ether oxygens (including phenoxy) is 2. The van der Waals surface area contributed by atoms with Crippen molar-refractivity contribution in [3.63, 3.8) is 0 Å². The van der Waals surface area contributed by atoms with Crippen LogP contribution in [0, 0.1) is 5.92 Å². The number of hydrogen-bond donors (Lipinski definition) is 0.